The van der Waals surface area contributed by atoms with Crippen LogP contribution in [0.1, 0.15) is 39.7 Å². The molecule has 1 fully saturated rings. The predicted molar refractivity (Wildman–Crippen MR) is 98.1 cm³/mol. The molecule has 2 aliphatic rings. The molecule has 3 atom stereocenters. The van der Waals surface area contributed by atoms with E-state index in [4.69, 9.17) is 9.47 Å². The van der Waals surface area contributed by atoms with Gasteiger partial charge in [-0.05, 0) is 51.3 Å². The normalized spacial score (nSPS) is 22.5. The second-order valence-electron chi connectivity index (χ2n) is 8.05. The summed E-state index contributed by atoms with van der Waals surface area (Å²) in [5.74, 6) is -2.13. The summed E-state index contributed by atoms with van der Waals surface area (Å²) in [6.07, 6.45) is 2.82. The summed E-state index contributed by atoms with van der Waals surface area (Å²) in [5.41, 5.74) is 0.726. The van der Waals surface area contributed by atoms with Gasteiger partial charge in [0.1, 0.15) is 5.70 Å². The topological polar surface area (TPSA) is 106 Å². The fraction of sp³-hybridized carbons (Fsp3) is 0.500. The summed E-state index contributed by atoms with van der Waals surface area (Å²) in [7, 11) is 0. The smallest absolute Gasteiger partial charge is 0.358 e. The number of nitrogens with zero attached hydrogens (tertiary/aromatic N) is 2. The minimum atomic E-state index is -0.813. The van der Waals surface area contributed by atoms with Crippen molar-refractivity contribution in [3.05, 3.63) is 35.8 Å². The molecule has 0 saturated carbocycles. The summed E-state index contributed by atoms with van der Waals surface area (Å²) in [6.45, 7) is 6.10. The number of aliphatic hydroxyl groups is 1. The Morgan fingerprint density at radius 1 is 1.36 bits per heavy atom. The van der Waals surface area contributed by atoms with Crippen LogP contribution in [-0.2, 0) is 23.9 Å². The van der Waals surface area contributed by atoms with Gasteiger partial charge in [0.2, 0.25) is 12.7 Å². The molecule has 0 aliphatic carbocycles. The average Bonchev–Trinajstić information content (AvgIpc) is 2.96. The van der Waals surface area contributed by atoms with Crippen LogP contribution >= 0.6 is 0 Å². The number of pyridine rings is 1. The lowest BCUT2D eigenvalue weighted by Gasteiger charge is -2.44. The van der Waals surface area contributed by atoms with Gasteiger partial charge in [0.15, 0.2) is 0 Å². The maximum Gasteiger partial charge on any atom is 0.358 e. The monoisotopic (exact) mass is 388 g/mol. The highest BCUT2D eigenvalue weighted by molar-refractivity contribution is 6.06. The van der Waals surface area contributed by atoms with Crippen LogP contribution in [-0.4, -0.2) is 51.8 Å². The van der Waals surface area contributed by atoms with Crippen LogP contribution in [0.25, 0.3) is 5.57 Å². The minimum absolute atomic E-state index is 0.117. The predicted octanol–water partition coefficient (Wildman–Crippen LogP) is 1.49. The Morgan fingerprint density at radius 3 is 2.64 bits per heavy atom. The van der Waals surface area contributed by atoms with Crippen LogP contribution in [0, 0.1) is 11.3 Å². The first-order chi connectivity index (χ1) is 13.1. The van der Waals surface area contributed by atoms with Crippen LogP contribution in [0.15, 0.2) is 30.2 Å². The Morgan fingerprint density at radius 2 is 2.07 bits per heavy atom. The maximum absolute atomic E-state index is 12.7. The van der Waals surface area contributed by atoms with Crippen molar-refractivity contribution in [1.29, 1.82) is 0 Å². The fourth-order valence-electron chi connectivity index (χ4n) is 3.48. The second kappa shape index (κ2) is 7.35. The SMILES string of the molecule is C[C@@H](O)[C@H]1C(=O)N2C(C(=O)OCOC(=O)C(C)(C)C)=C(c3cccnc3)C[C@H]12. The van der Waals surface area contributed by atoms with Crippen LogP contribution in [0.4, 0.5) is 0 Å². The molecule has 0 aromatic carbocycles. The van der Waals surface area contributed by atoms with Gasteiger partial charge in [-0.3, -0.25) is 14.6 Å². The summed E-state index contributed by atoms with van der Waals surface area (Å²) in [6, 6.07) is 3.23. The number of aliphatic hydroxyl groups excluding tert-OH is 1. The minimum Gasteiger partial charge on any atom is -0.427 e. The van der Waals surface area contributed by atoms with Crippen molar-refractivity contribution in [2.24, 2.45) is 11.3 Å². The number of rotatable bonds is 5. The molecule has 1 aromatic rings. The van der Waals surface area contributed by atoms with E-state index in [0.717, 1.165) is 0 Å². The number of fused-ring (bicyclic) bond motifs is 1. The van der Waals surface area contributed by atoms with E-state index in [0.29, 0.717) is 17.6 Å². The van der Waals surface area contributed by atoms with Crippen molar-refractivity contribution in [2.45, 2.75) is 46.3 Å². The van der Waals surface area contributed by atoms with E-state index in [1.807, 2.05) is 0 Å². The number of amides is 1. The Hall–Kier alpha value is -2.74. The van der Waals surface area contributed by atoms with Crippen molar-refractivity contribution in [1.82, 2.24) is 9.88 Å². The van der Waals surface area contributed by atoms with E-state index < -0.39 is 36.2 Å². The molecular formula is C20H24N2O6. The van der Waals surface area contributed by atoms with Gasteiger partial charge in [0, 0.05) is 12.4 Å². The zero-order valence-corrected chi connectivity index (χ0v) is 16.3. The highest BCUT2D eigenvalue weighted by Crippen LogP contribution is 2.47. The molecule has 3 rings (SSSR count). The van der Waals surface area contributed by atoms with E-state index in [-0.39, 0.29) is 17.6 Å². The Balaban J connectivity index is 1.81. The molecule has 8 nitrogen and oxygen atoms in total. The van der Waals surface area contributed by atoms with Crippen molar-refractivity contribution in [3.8, 4) is 0 Å². The molecule has 150 valence electrons. The Labute approximate surface area is 163 Å². The van der Waals surface area contributed by atoms with Gasteiger partial charge in [-0.1, -0.05) is 6.07 Å². The Kier molecular flexibility index (Phi) is 5.25. The number of aromatic nitrogens is 1. The van der Waals surface area contributed by atoms with Crippen LogP contribution < -0.4 is 0 Å². The van der Waals surface area contributed by atoms with Crippen molar-refractivity contribution < 1.29 is 29.0 Å². The number of ether oxygens (including phenoxy) is 2. The number of hydrogen-bond donors (Lipinski definition) is 1. The number of carbonyl (C=O) groups is 3. The second-order valence-corrected chi connectivity index (χ2v) is 8.05. The molecule has 28 heavy (non-hydrogen) atoms. The lowest BCUT2D eigenvalue weighted by atomic mass is 9.82. The first-order valence-corrected chi connectivity index (χ1v) is 9.12. The molecule has 1 N–H and O–H groups in total. The van der Waals surface area contributed by atoms with Gasteiger partial charge in [-0.15, -0.1) is 0 Å². The van der Waals surface area contributed by atoms with Crippen molar-refractivity contribution in [3.63, 3.8) is 0 Å². The lowest BCUT2D eigenvalue weighted by molar-refractivity contribution is -0.175. The van der Waals surface area contributed by atoms with Gasteiger partial charge in [-0.2, -0.15) is 0 Å². The molecule has 2 aliphatic heterocycles. The molecule has 0 radical (unpaired) electrons. The van der Waals surface area contributed by atoms with Gasteiger partial charge < -0.3 is 19.5 Å². The number of hydrogen-bond acceptors (Lipinski definition) is 7. The first kappa shape index (κ1) is 20.0. The zero-order valence-electron chi connectivity index (χ0n) is 16.3. The molecule has 0 spiro atoms. The van der Waals surface area contributed by atoms with Crippen molar-refractivity contribution in [2.75, 3.05) is 6.79 Å². The molecule has 1 aromatic heterocycles. The lowest BCUT2D eigenvalue weighted by Crippen LogP contribution is -2.61. The number of carbonyl (C=O) groups excluding carboxylic acids is 3. The van der Waals surface area contributed by atoms with Crippen LogP contribution in [0.3, 0.4) is 0 Å². The first-order valence-electron chi connectivity index (χ1n) is 9.12. The number of β-lactam (4-membered cyclic amide) rings is 1. The molecule has 0 bridgehead atoms. The average molecular weight is 388 g/mol. The molecule has 0 unspecified atom stereocenters. The quantitative estimate of drug-likeness (QED) is 0.463. The zero-order chi connectivity index (χ0) is 20.6. The van der Waals surface area contributed by atoms with Gasteiger partial charge in [-0.25, -0.2) is 4.79 Å². The molecular weight excluding hydrogens is 364 g/mol. The number of esters is 2. The molecule has 1 amide bonds. The van der Waals surface area contributed by atoms with Gasteiger partial charge in [0.05, 0.1) is 23.5 Å². The standard InChI is InChI=1S/C20H24N2O6/c1-11(23)15-14-8-13(12-6-5-7-21-9-12)16(22(14)17(15)24)18(25)27-10-28-19(26)20(2,3)4/h5-7,9,11,14-15,23H,8,10H2,1-4H3/t11-,14-,15-/m1/s1. The fourth-order valence-corrected chi connectivity index (χ4v) is 3.48. The van der Waals surface area contributed by atoms with E-state index in [1.165, 1.54) is 4.90 Å². The van der Waals surface area contributed by atoms with Gasteiger partial charge in [0.25, 0.3) is 0 Å². The van der Waals surface area contributed by atoms with Gasteiger partial charge >= 0.3 is 11.9 Å². The van der Waals surface area contributed by atoms with E-state index >= 15 is 0 Å². The maximum atomic E-state index is 12.7. The third kappa shape index (κ3) is 3.52. The molecule has 1 saturated heterocycles. The third-order valence-electron chi connectivity index (χ3n) is 4.92. The largest absolute Gasteiger partial charge is 0.427 e. The summed E-state index contributed by atoms with van der Waals surface area (Å²) >= 11 is 0. The third-order valence-corrected chi connectivity index (χ3v) is 4.92. The van der Waals surface area contributed by atoms with Crippen LogP contribution in [0.2, 0.25) is 0 Å². The summed E-state index contributed by atoms with van der Waals surface area (Å²) in [4.78, 5) is 42.5. The highest BCUT2D eigenvalue weighted by Gasteiger charge is 2.57. The van der Waals surface area contributed by atoms with Crippen molar-refractivity contribution >= 4 is 23.4 Å². The summed E-state index contributed by atoms with van der Waals surface area (Å²) < 4.78 is 10.1. The Bertz CT molecular complexity index is 825. The summed E-state index contributed by atoms with van der Waals surface area (Å²) in [5, 5.41) is 9.90. The van der Waals surface area contributed by atoms with E-state index in [9.17, 15) is 19.5 Å². The molecule has 8 heteroatoms. The highest BCUT2D eigenvalue weighted by atomic mass is 16.7. The van der Waals surface area contributed by atoms with E-state index in [1.54, 1.807) is 52.2 Å². The van der Waals surface area contributed by atoms with E-state index in [2.05, 4.69) is 4.98 Å². The molecule has 3 heterocycles. The van der Waals surface area contributed by atoms with Crippen LogP contribution in [0.5, 0.6) is 0 Å².